The Morgan fingerprint density at radius 3 is 2.68 bits per heavy atom. The maximum atomic E-state index is 12.5. The molecule has 0 unspecified atom stereocenters. The molecule has 4 aliphatic carbocycles. The van der Waals surface area contributed by atoms with E-state index in [1.165, 1.54) is 6.08 Å². The average Bonchev–Trinajstić information content (AvgIpc) is 2.84. The van der Waals surface area contributed by atoms with Crippen LogP contribution in [0.5, 0.6) is 0 Å². The van der Waals surface area contributed by atoms with Crippen LogP contribution in [-0.4, -0.2) is 50.1 Å². The van der Waals surface area contributed by atoms with Crippen molar-refractivity contribution in [1.29, 1.82) is 0 Å². The van der Waals surface area contributed by atoms with Gasteiger partial charge in [0, 0.05) is 10.8 Å². The second-order valence-corrected chi connectivity index (χ2v) is 9.99. The molecule has 0 heterocycles. The highest BCUT2D eigenvalue weighted by Crippen LogP contribution is 2.71. The van der Waals surface area contributed by atoms with E-state index in [9.17, 15) is 24.9 Å². The molecular weight excluding hydrogens is 380 g/mol. The van der Waals surface area contributed by atoms with Crippen LogP contribution >= 0.6 is 11.6 Å². The minimum absolute atomic E-state index is 0.0708. The Bertz CT molecular complexity index is 846. The number of carbonyl (C=O) groups is 2. The number of fused-ring (bicyclic) bond motifs is 5. The summed E-state index contributed by atoms with van der Waals surface area (Å²) in [6.07, 6.45) is 5.80. The van der Waals surface area contributed by atoms with E-state index in [0.717, 1.165) is 5.57 Å². The number of aliphatic hydroxyl groups is 3. The van der Waals surface area contributed by atoms with Crippen molar-refractivity contribution < 1.29 is 24.9 Å². The van der Waals surface area contributed by atoms with Crippen molar-refractivity contribution in [3.8, 4) is 0 Å². The molecule has 7 atom stereocenters. The molecular formula is C22H27ClO5. The van der Waals surface area contributed by atoms with Crippen LogP contribution in [0.1, 0.15) is 39.5 Å². The van der Waals surface area contributed by atoms with Gasteiger partial charge in [0.05, 0.1) is 11.0 Å². The van der Waals surface area contributed by atoms with Gasteiger partial charge >= 0.3 is 0 Å². The number of carbonyl (C=O) groups excluding carboxylic acids is 2. The van der Waals surface area contributed by atoms with Gasteiger partial charge in [0.2, 0.25) is 0 Å². The molecule has 0 aromatic rings. The van der Waals surface area contributed by atoms with Gasteiger partial charge in [-0.25, -0.2) is 0 Å². The Balaban J connectivity index is 1.85. The molecule has 3 saturated carbocycles. The van der Waals surface area contributed by atoms with Crippen LogP contribution in [0.3, 0.4) is 0 Å². The van der Waals surface area contributed by atoms with E-state index < -0.39 is 39.8 Å². The van der Waals surface area contributed by atoms with E-state index in [2.05, 4.69) is 6.58 Å². The van der Waals surface area contributed by atoms with Crippen LogP contribution in [0, 0.1) is 22.7 Å². The van der Waals surface area contributed by atoms with Crippen LogP contribution in [0.4, 0.5) is 0 Å². The highest BCUT2D eigenvalue weighted by Gasteiger charge is 2.73. The number of ketones is 2. The number of halogens is 1. The predicted octanol–water partition coefficient (Wildman–Crippen LogP) is 2.09. The van der Waals surface area contributed by atoms with Crippen LogP contribution < -0.4 is 0 Å². The van der Waals surface area contributed by atoms with Gasteiger partial charge < -0.3 is 15.3 Å². The van der Waals surface area contributed by atoms with Gasteiger partial charge in [0.15, 0.2) is 17.2 Å². The summed E-state index contributed by atoms with van der Waals surface area (Å²) in [5.74, 6) is -1.09. The molecule has 152 valence electrons. The van der Waals surface area contributed by atoms with Crippen LogP contribution in [0.2, 0.25) is 0 Å². The summed E-state index contributed by atoms with van der Waals surface area (Å²) in [5, 5.41) is 32.2. The molecule has 0 aromatic carbocycles. The number of hydrogen-bond acceptors (Lipinski definition) is 5. The lowest BCUT2D eigenvalue weighted by molar-refractivity contribution is -0.168. The third kappa shape index (κ3) is 2.03. The van der Waals surface area contributed by atoms with Crippen LogP contribution in [0.15, 0.2) is 36.0 Å². The monoisotopic (exact) mass is 406 g/mol. The minimum Gasteiger partial charge on any atom is -0.391 e. The third-order valence-corrected chi connectivity index (χ3v) is 9.31. The lowest BCUT2D eigenvalue weighted by Gasteiger charge is -2.63. The van der Waals surface area contributed by atoms with Crippen molar-refractivity contribution in [2.45, 2.75) is 56.1 Å². The first-order chi connectivity index (χ1) is 13.0. The molecule has 4 rings (SSSR count). The SMILES string of the molecule is C=C1C[C@H]2[C@@H]3CCC4=CC(=O)C=C[C@]4(C)[C@@]3(Cl)[C@@H](O)C[C@]2(C)[C@@]1(O)C(=O)CO. The van der Waals surface area contributed by atoms with Gasteiger partial charge in [-0.15, -0.1) is 11.6 Å². The number of hydrogen-bond donors (Lipinski definition) is 3. The molecule has 0 bridgehead atoms. The van der Waals surface area contributed by atoms with Gasteiger partial charge in [0.1, 0.15) is 6.61 Å². The summed E-state index contributed by atoms with van der Waals surface area (Å²) < 4.78 is 0. The molecule has 0 aliphatic heterocycles. The summed E-state index contributed by atoms with van der Waals surface area (Å²) in [4.78, 5) is 23.4. The smallest absolute Gasteiger partial charge is 0.194 e. The van der Waals surface area contributed by atoms with E-state index in [1.807, 2.05) is 13.0 Å². The van der Waals surface area contributed by atoms with E-state index in [1.54, 1.807) is 13.0 Å². The Hall–Kier alpha value is -1.27. The van der Waals surface area contributed by atoms with Crippen LogP contribution in [-0.2, 0) is 9.59 Å². The molecule has 0 radical (unpaired) electrons. The molecule has 0 saturated heterocycles. The summed E-state index contributed by atoms with van der Waals surface area (Å²) >= 11 is 7.27. The Morgan fingerprint density at radius 1 is 1.36 bits per heavy atom. The Labute approximate surface area is 169 Å². The first kappa shape index (κ1) is 20.0. The Morgan fingerprint density at radius 2 is 2.04 bits per heavy atom. The number of Topliss-reactive ketones (excluding diaryl/α,β-unsaturated/α-hetero) is 1. The largest absolute Gasteiger partial charge is 0.391 e. The zero-order valence-corrected chi connectivity index (χ0v) is 17.0. The standard InChI is InChI=1S/C22H27ClO5/c1-12-8-16-15-5-4-13-9-14(25)6-7-19(13,2)21(15,23)17(26)10-20(16,3)22(12,28)18(27)11-24/h6-7,9,15-17,24,26,28H,1,4-5,8,10-11H2,2-3H3/t15-,16-,17-,19-,20-,21-,22-/m0/s1. The van der Waals surface area contributed by atoms with Crippen molar-refractivity contribution in [1.82, 2.24) is 0 Å². The molecule has 0 spiro atoms. The molecule has 5 nitrogen and oxygen atoms in total. The van der Waals surface area contributed by atoms with Crippen molar-refractivity contribution >= 4 is 23.2 Å². The highest BCUT2D eigenvalue weighted by atomic mass is 35.5. The van der Waals surface area contributed by atoms with Crippen molar-refractivity contribution in [2.75, 3.05) is 6.61 Å². The molecule has 6 heteroatoms. The van der Waals surface area contributed by atoms with Crippen molar-refractivity contribution in [3.05, 3.63) is 36.0 Å². The maximum absolute atomic E-state index is 12.5. The second-order valence-electron chi connectivity index (χ2n) is 9.36. The summed E-state index contributed by atoms with van der Waals surface area (Å²) in [6, 6.07) is 0. The number of rotatable bonds is 2. The third-order valence-electron chi connectivity index (χ3n) is 8.38. The topological polar surface area (TPSA) is 94.8 Å². The molecule has 4 aliphatic rings. The van der Waals surface area contributed by atoms with Gasteiger partial charge in [-0.2, -0.15) is 0 Å². The maximum Gasteiger partial charge on any atom is 0.194 e. The average molecular weight is 407 g/mol. The quantitative estimate of drug-likeness (QED) is 0.482. The second kappa shape index (κ2) is 5.88. The summed E-state index contributed by atoms with van der Waals surface area (Å²) in [7, 11) is 0. The fourth-order valence-electron chi connectivity index (χ4n) is 6.80. The van der Waals surface area contributed by atoms with E-state index in [4.69, 9.17) is 11.6 Å². The van der Waals surface area contributed by atoms with Crippen LogP contribution in [0.25, 0.3) is 0 Å². The number of alkyl halides is 1. The van der Waals surface area contributed by atoms with Gasteiger partial charge in [0.25, 0.3) is 0 Å². The van der Waals surface area contributed by atoms with Gasteiger partial charge in [-0.05, 0) is 55.2 Å². The highest BCUT2D eigenvalue weighted by molar-refractivity contribution is 6.26. The zero-order valence-electron chi connectivity index (χ0n) is 16.2. The lowest BCUT2D eigenvalue weighted by Crippen LogP contribution is -2.68. The predicted molar refractivity (Wildman–Crippen MR) is 105 cm³/mol. The molecule has 0 amide bonds. The fraction of sp³-hybridized carbons (Fsp3) is 0.636. The first-order valence-electron chi connectivity index (χ1n) is 9.83. The van der Waals surface area contributed by atoms with E-state index >= 15 is 0 Å². The molecule has 3 fully saturated rings. The first-order valence-corrected chi connectivity index (χ1v) is 10.2. The van der Waals surface area contributed by atoms with Gasteiger partial charge in [-0.3, -0.25) is 9.59 Å². The normalized spacial score (nSPS) is 49.9. The number of allylic oxidation sites excluding steroid dienone is 4. The number of aliphatic hydroxyl groups excluding tert-OH is 2. The van der Waals surface area contributed by atoms with E-state index in [-0.39, 0.29) is 24.0 Å². The minimum atomic E-state index is -1.87. The van der Waals surface area contributed by atoms with E-state index in [0.29, 0.717) is 24.8 Å². The molecule has 0 aromatic heterocycles. The van der Waals surface area contributed by atoms with Crippen molar-refractivity contribution in [3.63, 3.8) is 0 Å². The molecule has 3 N–H and O–H groups in total. The lowest BCUT2D eigenvalue weighted by atomic mass is 9.45. The summed E-state index contributed by atoms with van der Waals surface area (Å²) in [6.45, 7) is 6.95. The van der Waals surface area contributed by atoms with Gasteiger partial charge in [-0.1, -0.05) is 32.1 Å². The summed E-state index contributed by atoms with van der Waals surface area (Å²) in [5.41, 5.74) is -2.21. The fourth-order valence-corrected chi connectivity index (χ4v) is 7.32. The zero-order chi connectivity index (χ0) is 20.7. The Kier molecular flexibility index (Phi) is 4.20. The van der Waals surface area contributed by atoms with Crippen molar-refractivity contribution in [2.24, 2.45) is 22.7 Å². The molecule has 28 heavy (non-hydrogen) atoms.